The first-order valence-corrected chi connectivity index (χ1v) is 8.19. The van der Waals surface area contributed by atoms with Crippen molar-refractivity contribution in [3.63, 3.8) is 0 Å². The first kappa shape index (κ1) is 15.3. The standard InChI is InChI=1S/C17H20FN5O/c1-11-9-23(5-4-22(11)6-7-24)17-15-13-3-2-12(18)8-14(13)21-16(15)19-10-20-17/h2-3,8,10-11,24H,4-7,9H2,1H3,(H,19,20,21). The predicted octanol–water partition coefficient (Wildman–Crippen LogP) is 1.75. The van der Waals surface area contributed by atoms with Gasteiger partial charge in [0.2, 0.25) is 0 Å². The van der Waals surface area contributed by atoms with Crippen LogP contribution >= 0.6 is 0 Å². The topological polar surface area (TPSA) is 68.3 Å². The van der Waals surface area contributed by atoms with E-state index in [0.29, 0.717) is 12.6 Å². The number of aromatic nitrogens is 3. The summed E-state index contributed by atoms with van der Waals surface area (Å²) < 4.78 is 13.5. The van der Waals surface area contributed by atoms with Crippen LogP contribution in [0.25, 0.3) is 21.9 Å². The predicted molar refractivity (Wildman–Crippen MR) is 91.7 cm³/mol. The molecule has 2 N–H and O–H groups in total. The number of rotatable bonds is 3. The number of piperazine rings is 1. The number of hydrogen-bond donors (Lipinski definition) is 2. The molecule has 1 aliphatic heterocycles. The fourth-order valence-electron chi connectivity index (χ4n) is 3.57. The largest absolute Gasteiger partial charge is 0.395 e. The van der Waals surface area contributed by atoms with Gasteiger partial charge < -0.3 is 15.0 Å². The van der Waals surface area contributed by atoms with Crippen LogP contribution < -0.4 is 4.90 Å². The van der Waals surface area contributed by atoms with Crippen molar-refractivity contribution in [3.05, 3.63) is 30.3 Å². The highest BCUT2D eigenvalue weighted by Gasteiger charge is 2.26. The minimum absolute atomic E-state index is 0.177. The summed E-state index contributed by atoms with van der Waals surface area (Å²) in [4.78, 5) is 16.5. The van der Waals surface area contributed by atoms with Gasteiger partial charge >= 0.3 is 0 Å². The normalized spacial score (nSPS) is 19.5. The fourth-order valence-corrected chi connectivity index (χ4v) is 3.57. The average molecular weight is 329 g/mol. The first-order chi connectivity index (χ1) is 11.7. The van der Waals surface area contributed by atoms with Crippen LogP contribution in [-0.4, -0.2) is 63.8 Å². The van der Waals surface area contributed by atoms with E-state index >= 15 is 0 Å². The molecule has 0 aliphatic carbocycles. The molecule has 3 heterocycles. The maximum Gasteiger partial charge on any atom is 0.143 e. The number of anilines is 1. The van der Waals surface area contributed by atoms with E-state index in [2.05, 4.69) is 31.7 Å². The molecule has 0 spiro atoms. The van der Waals surface area contributed by atoms with Crippen LogP contribution in [0.4, 0.5) is 10.2 Å². The Hall–Kier alpha value is -2.25. The van der Waals surface area contributed by atoms with E-state index in [9.17, 15) is 4.39 Å². The smallest absolute Gasteiger partial charge is 0.143 e. The number of hydrogen-bond acceptors (Lipinski definition) is 5. The number of β-amino-alcohol motifs (C(OH)–C–C–N with tert-alkyl or cyclic N) is 1. The molecular formula is C17H20FN5O. The van der Waals surface area contributed by atoms with E-state index < -0.39 is 0 Å². The number of aromatic amines is 1. The number of aliphatic hydroxyl groups is 1. The molecule has 4 rings (SSSR count). The van der Waals surface area contributed by atoms with Gasteiger partial charge in [-0.1, -0.05) is 0 Å². The lowest BCUT2D eigenvalue weighted by atomic mass is 10.1. The third kappa shape index (κ3) is 2.50. The van der Waals surface area contributed by atoms with E-state index in [4.69, 9.17) is 5.11 Å². The lowest BCUT2D eigenvalue weighted by molar-refractivity contribution is 0.146. The van der Waals surface area contributed by atoms with Crippen LogP contribution in [0, 0.1) is 5.82 Å². The monoisotopic (exact) mass is 329 g/mol. The van der Waals surface area contributed by atoms with E-state index in [0.717, 1.165) is 47.4 Å². The van der Waals surface area contributed by atoms with Crippen LogP contribution in [0.1, 0.15) is 6.92 Å². The minimum Gasteiger partial charge on any atom is -0.395 e. The van der Waals surface area contributed by atoms with Gasteiger partial charge in [-0.25, -0.2) is 14.4 Å². The van der Waals surface area contributed by atoms with Crippen molar-refractivity contribution in [2.24, 2.45) is 0 Å². The molecule has 1 atom stereocenters. The van der Waals surface area contributed by atoms with Crippen molar-refractivity contribution in [2.75, 3.05) is 37.7 Å². The summed E-state index contributed by atoms with van der Waals surface area (Å²) in [6.45, 7) is 5.58. The molecule has 1 fully saturated rings. The Kier molecular flexibility index (Phi) is 3.82. The average Bonchev–Trinajstić information content (AvgIpc) is 2.94. The lowest BCUT2D eigenvalue weighted by Crippen LogP contribution is -2.52. The molecule has 126 valence electrons. The third-order valence-electron chi connectivity index (χ3n) is 4.78. The molecular weight excluding hydrogens is 309 g/mol. The summed E-state index contributed by atoms with van der Waals surface area (Å²) in [5, 5.41) is 11.0. The van der Waals surface area contributed by atoms with Crippen molar-refractivity contribution in [1.29, 1.82) is 0 Å². The summed E-state index contributed by atoms with van der Waals surface area (Å²) in [6, 6.07) is 5.07. The van der Waals surface area contributed by atoms with Gasteiger partial charge in [0.05, 0.1) is 17.5 Å². The Morgan fingerprint density at radius 3 is 3.00 bits per heavy atom. The Morgan fingerprint density at radius 1 is 1.33 bits per heavy atom. The van der Waals surface area contributed by atoms with Crippen LogP contribution in [0.15, 0.2) is 24.5 Å². The van der Waals surface area contributed by atoms with Crippen LogP contribution in [0.3, 0.4) is 0 Å². The van der Waals surface area contributed by atoms with Crippen molar-refractivity contribution in [1.82, 2.24) is 19.9 Å². The second-order valence-electron chi connectivity index (χ2n) is 6.29. The summed E-state index contributed by atoms with van der Waals surface area (Å²) >= 11 is 0. The van der Waals surface area contributed by atoms with Gasteiger partial charge in [-0.3, -0.25) is 4.90 Å². The molecule has 0 radical (unpaired) electrons. The van der Waals surface area contributed by atoms with Crippen molar-refractivity contribution in [2.45, 2.75) is 13.0 Å². The molecule has 0 amide bonds. The van der Waals surface area contributed by atoms with Gasteiger partial charge in [-0.05, 0) is 25.1 Å². The molecule has 0 bridgehead atoms. The highest BCUT2D eigenvalue weighted by Crippen LogP contribution is 2.32. The second kappa shape index (κ2) is 5.99. The molecule has 0 saturated carbocycles. The molecule has 1 saturated heterocycles. The molecule has 7 heteroatoms. The van der Waals surface area contributed by atoms with Gasteiger partial charge in [0, 0.05) is 37.6 Å². The Labute approximate surface area is 138 Å². The maximum atomic E-state index is 13.5. The zero-order valence-electron chi connectivity index (χ0n) is 13.5. The van der Waals surface area contributed by atoms with Gasteiger partial charge in [0.15, 0.2) is 0 Å². The van der Waals surface area contributed by atoms with Crippen LogP contribution in [-0.2, 0) is 0 Å². The Balaban J connectivity index is 1.76. The number of fused-ring (bicyclic) bond motifs is 3. The van der Waals surface area contributed by atoms with Crippen molar-refractivity contribution in [3.8, 4) is 0 Å². The lowest BCUT2D eigenvalue weighted by Gasteiger charge is -2.40. The van der Waals surface area contributed by atoms with Gasteiger partial charge in [0.25, 0.3) is 0 Å². The van der Waals surface area contributed by atoms with E-state index in [-0.39, 0.29) is 12.4 Å². The summed E-state index contributed by atoms with van der Waals surface area (Å²) in [7, 11) is 0. The van der Waals surface area contributed by atoms with Crippen LogP contribution in [0.2, 0.25) is 0 Å². The number of halogens is 1. The van der Waals surface area contributed by atoms with Crippen LogP contribution in [0.5, 0.6) is 0 Å². The molecule has 6 nitrogen and oxygen atoms in total. The number of nitrogens with zero attached hydrogens (tertiary/aromatic N) is 4. The molecule has 1 aromatic carbocycles. The van der Waals surface area contributed by atoms with E-state index in [1.165, 1.54) is 12.1 Å². The number of H-pyrrole nitrogens is 1. The van der Waals surface area contributed by atoms with Gasteiger partial charge in [0.1, 0.15) is 23.6 Å². The highest BCUT2D eigenvalue weighted by atomic mass is 19.1. The molecule has 2 aromatic heterocycles. The molecule has 1 aliphatic rings. The Morgan fingerprint density at radius 2 is 2.21 bits per heavy atom. The first-order valence-electron chi connectivity index (χ1n) is 8.19. The minimum atomic E-state index is -0.269. The summed E-state index contributed by atoms with van der Waals surface area (Å²) in [5.74, 6) is 0.614. The maximum absolute atomic E-state index is 13.5. The second-order valence-corrected chi connectivity index (χ2v) is 6.29. The number of benzene rings is 1. The summed E-state index contributed by atoms with van der Waals surface area (Å²) in [6.07, 6.45) is 1.55. The number of nitrogens with one attached hydrogen (secondary N) is 1. The molecule has 24 heavy (non-hydrogen) atoms. The van der Waals surface area contributed by atoms with Crippen molar-refractivity contribution < 1.29 is 9.50 Å². The van der Waals surface area contributed by atoms with Crippen molar-refractivity contribution >= 4 is 27.8 Å². The zero-order valence-corrected chi connectivity index (χ0v) is 13.5. The molecule has 1 unspecified atom stereocenters. The highest BCUT2D eigenvalue weighted by molar-refractivity contribution is 6.11. The molecule has 3 aromatic rings. The SMILES string of the molecule is CC1CN(c2ncnc3[nH]c4cc(F)ccc4c23)CCN1CCO. The zero-order chi connectivity index (χ0) is 16.7. The van der Waals surface area contributed by atoms with E-state index in [1.807, 2.05) is 0 Å². The van der Waals surface area contributed by atoms with Gasteiger partial charge in [-0.15, -0.1) is 0 Å². The Bertz CT molecular complexity index is 880. The quantitative estimate of drug-likeness (QED) is 0.766. The fraction of sp³-hybridized carbons (Fsp3) is 0.412. The van der Waals surface area contributed by atoms with Gasteiger partial charge in [-0.2, -0.15) is 0 Å². The number of aliphatic hydroxyl groups excluding tert-OH is 1. The van der Waals surface area contributed by atoms with E-state index in [1.54, 1.807) is 12.4 Å². The third-order valence-corrected chi connectivity index (χ3v) is 4.78. The summed E-state index contributed by atoms with van der Waals surface area (Å²) in [5.41, 5.74) is 1.46.